The molecule has 0 spiro atoms. The van der Waals surface area contributed by atoms with Gasteiger partial charge in [-0.2, -0.15) is 0 Å². The van der Waals surface area contributed by atoms with Crippen LogP contribution in [-0.2, 0) is 4.74 Å². The lowest BCUT2D eigenvalue weighted by molar-refractivity contribution is 0.116. The molecule has 2 N–H and O–H groups in total. The lowest BCUT2D eigenvalue weighted by atomic mass is 10.5. The zero-order valence-corrected chi connectivity index (χ0v) is 5.13. The van der Waals surface area contributed by atoms with Crippen LogP contribution in [0.4, 0.5) is 4.79 Å². The Hall–Kier alpha value is -1.03. The molecule has 4 nitrogen and oxygen atoms in total. The van der Waals surface area contributed by atoms with E-state index in [0.29, 0.717) is 0 Å². The highest BCUT2D eigenvalue weighted by Gasteiger charge is 1.90. The third-order valence-electron chi connectivity index (χ3n) is 0.598. The molecule has 52 valence electrons. The second-order valence-corrected chi connectivity index (χ2v) is 1.30. The molecule has 0 bridgehead atoms. The molecule has 0 rings (SSSR count). The monoisotopic (exact) mass is 131 g/mol. The lowest BCUT2D eigenvalue weighted by Gasteiger charge is -1.92. The SMILES string of the molecule is CCC=COC(=O)NO. The zero-order chi connectivity index (χ0) is 7.11. The van der Waals surface area contributed by atoms with E-state index in [2.05, 4.69) is 4.74 Å². The Balaban J connectivity index is 3.26. The topological polar surface area (TPSA) is 58.6 Å². The van der Waals surface area contributed by atoms with Gasteiger partial charge >= 0.3 is 6.09 Å². The maximum atomic E-state index is 10.1. The number of amides is 1. The first kappa shape index (κ1) is 7.97. The zero-order valence-electron chi connectivity index (χ0n) is 5.13. The van der Waals surface area contributed by atoms with Crippen LogP contribution in [0.5, 0.6) is 0 Å². The smallest absolute Gasteiger partial charge is 0.417 e. The van der Waals surface area contributed by atoms with Gasteiger partial charge in [-0.3, -0.25) is 5.21 Å². The van der Waals surface area contributed by atoms with Crippen LogP contribution in [0.2, 0.25) is 0 Å². The number of nitrogens with one attached hydrogen (secondary N) is 1. The van der Waals surface area contributed by atoms with Gasteiger partial charge in [0.2, 0.25) is 0 Å². The molecule has 0 unspecified atom stereocenters. The Bertz CT molecular complexity index is 111. The minimum absolute atomic E-state index is 0.790. The summed E-state index contributed by atoms with van der Waals surface area (Å²) >= 11 is 0. The van der Waals surface area contributed by atoms with Crippen molar-refractivity contribution >= 4 is 6.09 Å². The largest absolute Gasteiger partial charge is 0.435 e. The van der Waals surface area contributed by atoms with E-state index in [1.165, 1.54) is 11.7 Å². The lowest BCUT2D eigenvalue weighted by Crippen LogP contribution is -2.17. The molecule has 0 aliphatic heterocycles. The number of carbonyl (C=O) groups excluding carboxylic acids is 1. The highest BCUT2D eigenvalue weighted by molar-refractivity contribution is 5.66. The maximum Gasteiger partial charge on any atom is 0.435 e. The molecule has 0 fully saturated rings. The van der Waals surface area contributed by atoms with Crippen molar-refractivity contribution < 1.29 is 14.7 Å². The summed E-state index contributed by atoms with van der Waals surface area (Å²) in [6.45, 7) is 1.90. The number of rotatable bonds is 2. The quantitative estimate of drug-likeness (QED) is 0.334. The minimum atomic E-state index is -0.875. The maximum absolute atomic E-state index is 10.1. The predicted octanol–water partition coefficient (Wildman–Crippen LogP) is 1.03. The van der Waals surface area contributed by atoms with Crippen molar-refractivity contribution in [3.63, 3.8) is 0 Å². The summed E-state index contributed by atoms with van der Waals surface area (Å²) in [5.41, 5.74) is 1.31. The Kier molecular flexibility index (Phi) is 4.53. The van der Waals surface area contributed by atoms with Crippen molar-refractivity contribution in [1.82, 2.24) is 5.48 Å². The van der Waals surface area contributed by atoms with Crippen LogP contribution >= 0.6 is 0 Å². The first-order valence-corrected chi connectivity index (χ1v) is 2.57. The van der Waals surface area contributed by atoms with Crippen molar-refractivity contribution in [2.24, 2.45) is 0 Å². The van der Waals surface area contributed by atoms with Gasteiger partial charge in [-0.05, 0) is 12.5 Å². The highest BCUT2D eigenvalue weighted by atomic mass is 16.6. The summed E-state index contributed by atoms with van der Waals surface area (Å²) in [4.78, 5) is 10.1. The fourth-order valence-corrected chi connectivity index (χ4v) is 0.232. The van der Waals surface area contributed by atoms with E-state index in [1.807, 2.05) is 6.92 Å². The summed E-state index contributed by atoms with van der Waals surface area (Å²) in [5, 5.41) is 7.88. The van der Waals surface area contributed by atoms with Gasteiger partial charge in [-0.25, -0.2) is 10.3 Å². The van der Waals surface area contributed by atoms with Crippen molar-refractivity contribution in [3.8, 4) is 0 Å². The van der Waals surface area contributed by atoms with Crippen LogP contribution in [0, 0.1) is 0 Å². The second-order valence-electron chi connectivity index (χ2n) is 1.30. The molecule has 0 aromatic carbocycles. The first-order chi connectivity index (χ1) is 4.31. The van der Waals surface area contributed by atoms with E-state index in [9.17, 15) is 4.79 Å². The summed E-state index contributed by atoms with van der Waals surface area (Å²) in [5.74, 6) is 0. The average molecular weight is 131 g/mol. The van der Waals surface area contributed by atoms with E-state index in [0.717, 1.165) is 6.42 Å². The van der Waals surface area contributed by atoms with E-state index in [-0.39, 0.29) is 0 Å². The molecule has 0 aliphatic rings. The van der Waals surface area contributed by atoms with E-state index < -0.39 is 6.09 Å². The van der Waals surface area contributed by atoms with Crippen LogP contribution in [0.3, 0.4) is 0 Å². The molecule has 0 aliphatic carbocycles. The van der Waals surface area contributed by atoms with Crippen LogP contribution < -0.4 is 5.48 Å². The molecule has 4 heteroatoms. The Morgan fingerprint density at radius 3 is 3.00 bits per heavy atom. The molecule has 0 atom stereocenters. The molecule has 0 heterocycles. The Morgan fingerprint density at radius 2 is 2.56 bits per heavy atom. The Labute approximate surface area is 53.1 Å². The van der Waals surface area contributed by atoms with E-state index >= 15 is 0 Å². The fraction of sp³-hybridized carbons (Fsp3) is 0.400. The molecule has 0 aromatic rings. The summed E-state index contributed by atoms with van der Waals surface area (Å²) < 4.78 is 4.25. The molecule has 9 heavy (non-hydrogen) atoms. The van der Waals surface area contributed by atoms with E-state index in [4.69, 9.17) is 5.21 Å². The first-order valence-electron chi connectivity index (χ1n) is 2.57. The molecule has 1 amide bonds. The third kappa shape index (κ3) is 4.83. The van der Waals surface area contributed by atoms with Crippen LogP contribution in [-0.4, -0.2) is 11.3 Å². The van der Waals surface area contributed by atoms with Crippen LogP contribution in [0.1, 0.15) is 13.3 Å². The number of hydroxylamine groups is 1. The standard InChI is InChI=1S/C5H9NO3/c1-2-3-4-9-5(7)6-8/h3-4,8H,2H2,1H3,(H,6,7). The molecule has 0 aromatic heterocycles. The van der Waals surface area contributed by atoms with Gasteiger partial charge in [-0.15, -0.1) is 0 Å². The summed E-state index contributed by atoms with van der Waals surface area (Å²) in [6.07, 6.45) is 2.78. The number of hydrogen-bond acceptors (Lipinski definition) is 3. The van der Waals surface area contributed by atoms with Crippen LogP contribution in [0.25, 0.3) is 0 Å². The summed E-state index contributed by atoms with van der Waals surface area (Å²) in [7, 11) is 0. The van der Waals surface area contributed by atoms with Gasteiger partial charge in [0.1, 0.15) is 0 Å². The average Bonchev–Trinajstić information content (AvgIpc) is 1.89. The van der Waals surface area contributed by atoms with Gasteiger partial charge < -0.3 is 4.74 Å². The highest BCUT2D eigenvalue weighted by Crippen LogP contribution is 1.81. The minimum Gasteiger partial charge on any atom is -0.417 e. The number of ether oxygens (including phenoxy) is 1. The van der Waals surface area contributed by atoms with Gasteiger partial charge in [-0.1, -0.05) is 6.92 Å². The normalized spacial score (nSPS) is 9.56. The summed E-state index contributed by atoms with van der Waals surface area (Å²) in [6, 6.07) is 0. The molecule has 0 radical (unpaired) electrons. The van der Waals surface area contributed by atoms with Crippen molar-refractivity contribution in [2.45, 2.75) is 13.3 Å². The Morgan fingerprint density at radius 1 is 1.89 bits per heavy atom. The van der Waals surface area contributed by atoms with Gasteiger partial charge in [0.15, 0.2) is 0 Å². The van der Waals surface area contributed by atoms with Gasteiger partial charge in [0.25, 0.3) is 0 Å². The van der Waals surface area contributed by atoms with Gasteiger partial charge in [0.05, 0.1) is 6.26 Å². The van der Waals surface area contributed by atoms with Gasteiger partial charge in [0, 0.05) is 0 Å². The van der Waals surface area contributed by atoms with Crippen molar-refractivity contribution in [3.05, 3.63) is 12.3 Å². The number of allylic oxidation sites excluding steroid dienone is 1. The molecule has 0 saturated heterocycles. The number of carbonyl (C=O) groups is 1. The van der Waals surface area contributed by atoms with Crippen molar-refractivity contribution in [2.75, 3.05) is 0 Å². The number of hydrogen-bond donors (Lipinski definition) is 2. The molecule has 0 saturated carbocycles. The van der Waals surface area contributed by atoms with E-state index in [1.54, 1.807) is 6.08 Å². The van der Waals surface area contributed by atoms with Crippen LogP contribution in [0.15, 0.2) is 12.3 Å². The molecular weight excluding hydrogens is 122 g/mol. The predicted molar refractivity (Wildman–Crippen MR) is 30.8 cm³/mol. The second kappa shape index (κ2) is 5.11. The molecular formula is C5H9NO3. The van der Waals surface area contributed by atoms with Crippen molar-refractivity contribution in [1.29, 1.82) is 0 Å². The third-order valence-corrected chi connectivity index (χ3v) is 0.598. The fourth-order valence-electron chi connectivity index (χ4n) is 0.232.